The number of ether oxygens (including phenoxy) is 1. The van der Waals surface area contributed by atoms with Gasteiger partial charge in [0.1, 0.15) is 11.8 Å². The second-order valence-corrected chi connectivity index (χ2v) is 6.97. The lowest BCUT2D eigenvalue weighted by Crippen LogP contribution is -2.45. The van der Waals surface area contributed by atoms with E-state index in [2.05, 4.69) is 56.2 Å². The lowest BCUT2D eigenvalue weighted by atomic mass is 9.98. The van der Waals surface area contributed by atoms with E-state index in [9.17, 15) is 0 Å². The van der Waals surface area contributed by atoms with Crippen molar-refractivity contribution in [1.82, 2.24) is 5.06 Å². The number of hydroxylamine groups is 2. The van der Waals surface area contributed by atoms with Crippen molar-refractivity contribution in [1.29, 1.82) is 0 Å². The Morgan fingerprint density at radius 1 is 1.04 bits per heavy atom. The van der Waals surface area contributed by atoms with Crippen LogP contribution in [0.4, 0.5) is 0 Å². The molecular weight excluding hydrogens is 298 g/mol. The van der Waals surface area contributed by atoms with E-state index in [4.69, 9.17) is 9.57 Å². The fourth-order valence-electron chi connectivity index (χ4n) is 3.54. The Labute approximate surface area is 148 Å². The standard InChI is InChI=1S/C21H35NO2/c1-4-6-11-15-21(16-12-7-5-2)22(17-18-23-21)24-19(3)20-13-9-8-10-14-20/h8-10,13-14,19H,4-7,11-12,15-18H2,1-3H3. The van der Waals surface area contributed by atoms with Gasteiger partial charge in [-0.15, -0.1) is 0 Å². The van der Waals surface area contributed by atoms with Crippen LogP contribution in [-0.2, 0) is 9.57 Å². The highest BCUT2D eigenvalue weighted by Crippen LogP contribution is 2.36. The van der Waals surface area contributed by atoms with Crippen LogP contribution < -0.4 is 0 Å². The third-order valence-electron chi connectivity index (χ3n) is 5.02. The van der Waals surface area contributed by atoms with Gasteiger partial charge in [0.2, 0.25) is 0 Å². The van der Waals surface area contributed by atoms with E-state index in [0.717, 1.165) is 26.0 Å². The lowest BCUT2D eigenvalue weighted by Gasteiger charge is -2.38. The van der Waals surface area contributed by atoms with Gasteiger partial charge in [0.15, 0.2) is 0 Å². The number of rotatable bonds is 11. The third kappa shape index (κ3) is 5.30. The number of nitrogens with zero attached hydrogens (tertiary/aromatic N) is 1. The topological polar surface area (TPSA) is 21.7 Å². The smallest absolute Gasteiger partial charge is 0.144 e. The first-order valence-electron chi connectivity index (χ1n) is 9.85. The molecule has 2 rings (SSSR count). The van der Waals surface area contributed by atoms with Crippen LogP contribution in [-0.4, -0.2) is 23.9 Å². The van der Waals surface area contributed by atoms with E-state index in [-0.39, 0.29) is 11.8 Å². The second kappa shape index (κ2) is 10.2. The van der Waals surface area contributed by atoms with Gasteiger partial charge in [-0.1, -0.05) is 69.9 Å². The first-order chi connectivity index (χ1) is 11.7. The highest BCUT2D eigenvalue weighted by Gasteiger charge is 2.43. The van der Waals surface area contributed by atoms with Crippen molar-refractivity contribution in [3.05, 3.63) is 35.9 Å². The van der Waals surface area contributed by atoms with Crippen LogP contribution in [0.1, 0.15) is 83.8 Å². The molecule has 1 unspecified atom stereocenters. The van der Waals surface area contributed by atoms with Gasteiger partial charge in [0.25, 0.3) is 0 Å². The van der Waals surface area contributed by atoms with Crippen LogP contribution in [0.25, 0.3) is 0 Å². The van der Waals surface area contributed by atoms with Crippen molar-refractivity contribution in [3.63, 3.8) is 0 Å². The lowest BCUT2D eigenvalue weighted by molar-refractivity contribution is -0.286. The Morgan fingerprint density at radius 2 is 1.67 bits per heavy atom. The minimum Gasteiger partial charge on any atom is -0.357 e. The van der Waals surface area contributed by atoms with Gasteiger partial charge in [-0.2, -0.15) is 5.06 Å². The van der Waals surface area contributed by atoms with Crippen molar-refractivity contribution < 1.29 is 9.57 Å². The zero-order chi connectivity index (χ0) is 17.3. The Hall–Kier alpha value is -0.900. The van der Waals surface area contributed by atoms with Gasteiger partial charge >= 0.3 is 0 Å². The Kier molecular flexibility index (Phi) is 8.23. The Bertz CT molecular complexity index is 438. The van der Waals surface area contributed by atoms with Gasteiger partial charge in [0, 0.05) is 0 Å². The molecule has 136 valence electrons. The molecule has 3 nitrogen and oxygen atoms in total. The zero-order valence-corrected chi connectivity index (χ0v) is 15.8. The average Bonchev–Trinajstić information content (AvgIpc) is 2.99. The fourth-order valence-corrected chi connectivity index (χ4v) is 3.54. The maximum atomic E-state index is 6.38. The number of hydrogen-bond acceptors (Lipinski definition) is 3. The number of hydrogen-bond donors (Lipinski definition) is 0. The molecule has 0 spiro atoms. The maximum absolute atomic E-state index is 6.38. The molecule has 1 heterocycles. The summed E-state index contributed by atoms with van der Waals surface area (Å²) in [5.74, 6) is 0. The van der Waals surface area contributed by atoms with E-state index < -0.39 is 0 Å². The van der Waals surface area contributed by atoms with Crippen molar-refractivity contribution in [2.75, 3.05) is 13.2 Å². The monoisotopic (exact) mass is 333 g/mol. The van der Waals surface area contributed by atoms with Crippen LogP contribution in [0.15, 0.2) is 30.3 Å². The van der Waals surface area contributed by atoms with E-state index in [1.807, 2.05) is 0 Å². The highest BCUT2D eigenvalue weighted by atomic mass is 16.7. The summed E-state index contributed by atoms with van der Waals surface area (Å²) < 4.78 is 6.28. The SMILES string of the molecule is CCCCCC1(CCCCC)OCCN1OC(C)c1ccccc1. The van der Waals surface area contributed by atoms with Gasteiger partial charge in [0.05, 0.1) is 13.2 Å². The molecule has 1 aromatic carbocycles. The summed E-state index contributed by atoms with van der Waals surface area (Å²) >= 11 is 0. The normalized spacial score (nSPS) is 18.8. The van der Waals surface area contributed by atoms with Gasteiger partial charge in [-0.3, -0.25) is 4.84 Å². The predicted octanol–water partition coefficient (Wildman–Crippen LogP) is 5.87. The molecule has 24 heavy (non-hydrogen) atoms. The quantitative estimate of drug-likeness (QED) is 0.473. The molecule has 1 fully saturated rings. The minimum absolute atomic E-state index is 0.0598. The fraction of sp³-hybridized carbons (Fsp3) is 0.714. The largest absolute Gasteiger partial charge is 0.357 e. The summed E-state index contributed by atoms with van der Waals surface area (Å²) in [6.07, 6.45) is 9.65. The third-order valence-corrected chi connectivity index (χ3v) is 5.02. The average molecular weight is 334 g/mol. The van der Waals surface area contributed by atoms with Crippen LogP contribution in [0, 0.1) is 0 Å². The molecule has 0 radical (unpaired) electrons. The Morgan fingerprint density at radius 3 is 2.25 bits per heavy atom. The van der Waals surface area contributed by atoms with E-state index in [1.54, 1.807) is 0 Å². The maximum Gasteiger partial charge on any atom is 0.144 e. The highest BCUT2D eigenvalue weighted by molar-refractivity contribution is 5.16. The molecule has 0 amide bonds. The molecule has 1 aliphatic heterocycles. The molecule has 1 aliphatic rings. The first-order valence-corrected chi connectivity index (χ1v) is 9.85. The molecule has 1 saturated heterocycles. The molecule has 0 aromatic heterocycles. The van der Waals surface area contributed by atoms with Crippen LogP contribution in [0.3, 0.4) is 0 Å². The van der Waals surface area contributed by atoms with Crippen molar-refractivity contribution >= 4 is 0 Å². The van der Waals surface area contributed by atoms with Crippen LogP contribution in [0.5, 0.6) is 0 Å². The molecule has 3 heteroatoms. The van der Waals surface area contributed by atoms with Gasteiger partial charge in [-0.05, 0) is 38.2 Å². The molecule has 0 bridgehead atoms. The molecule has 1 atom stereocenters. The molecule has 1 aromatic rings. The number of unbranched alkanes of at least 4 members (excludes halogenated alkanes) is 4. The predicted molar refractivity (Wildman–Crippen MR) is 99.6 cm³/mol. The summed E-state index contributed by atoms with van der Waals surface area (Å²) in [6, 6.07) is 10.5. The van der Waals surface area contributed by atoms with Crippen molar-refractivity contribution in [3.8, 4) is 0 Å². The molecular formula is C21H35NO2. The van der Waals surface area contributed by atoms with E-state index in [1.165, 1.54) is 44.1 Å². The number of benzene rings is 1. The first kappa shape index (κ1) is 19.4. The summed E-state index contributed by atoms with van der Waals surface area (Å²) in [5.41, 5.74) is 1.01. The van der Waals surface area contributed by atoms with E-state index in [0.29, 0.717) is 0 Å². The Balaban J connectivity index is 2.03. The minimum atomic E-state index is -0.215. The summed E-state index contributed by atoms with van der Waals surface area (Å²) in [4.78, 5) is 6.38. The van der Waals surface area contributed by atoms with Crippen LogP contribution >= 0.6 is 0 Å². The molecule has 0 saturated carbocycles. The summed E-state index contributed by atoms with van der Waals surface area (Å²) in [6.45, 7) is 8.29. The van der Waals surface area contributed by atoms with Crippen molar-refractivity contribution in [2.24, 2.45) is 0 Å². The zero-order valence-electron chi connectivity index (χ0n) is 15.8. The van der Waals surface area contributed by atoms with Gasteiger partial charge < -0.3 is 4.74 Å². The van der Waals surface area contributed by atoms with Crippen molar-refractivity contribution in [2.45, 2.75) is 84.0 Å². The van der Waals surface area contributed by atoms with E-state index >= 15 is 0 Å². The molecule has 0 N–H and O–H groups in total. The molecule has 0 aliphatic carbocycles. The van der Waals surface area contributed by atoms with Gasteiger partial charge in [-0.25, -0.2) is 0 Å². The summed E-state index contributed by atoms with van der Waals surface area (Å²) in [7, 11) is 0. The van der Waals surface area contributed by atoms with Crippen LogP contribution in [0.2, 0.25) is 0 Å². The summed E-state index contributed by atoms with van der Waals surface area (Å²) in [5, 5.41) is 2.16. The second-order valence-electron chi connectivity index (χ2n) is 6.97.